The van der Waals surface area contributed by atoms with Crippen LogP contribution in [0.15, 0.2) is 99.4 Å². The summed E-state index contributed by atoms with van der Waals surface area (Å²) in [6.45, 7) is 0. The van der Waals surface area contributed by atoms with Gasteiger partial charge in [0.2, 0.25) is 0 Å². The highest BCUT2D eigenvalue weighted by atomic mass is 31.1. The largest absolute Gasteiger partial charge is 0.496 e. The standard InChI is InChI=1S/C28H21O5P/c1-29-20-15-21(30-2)17-22(16-20)31-34-32-25-13-11-18-7-3-5-9-23(18)27(25)28-24-10-6-4-8-19(24)12-14-26(28)33-34/h3-17H,1-2H3. The monoisotopic (exact) mass is 468 g/mol. The van der Waals surface area contributed by atoms with Crippen molar-refractivity contribution in [1.29, 1.82) is 0 Å². The van der Waals surface area contributed by atoms with Crippen molar-refractivity contribution in [3.8, 4) is 17.2 Å². The van der Waals surface area contributed by atoms with E-state index in [-0.39, 0.29) is 0 Å². The van der Waals surface area contributed by atoms with Gasteiger partial charge in [0.15, 0.2) is 0 Å². The molecule has 6 aromatic rings. The van der Waals surface area contributed by atoms with Crippen molar-refractivity contribution < 1.29 is 22.4 Å². The van der Waals surface area contributed by atoms with Gasteiger partial charge in [0.1, 0.15) is 28.4 Å². The zero-order chi connectivity index (χ0) is 23.1. The van der Waals surface area contributed by atoms with Crippen molar-refractivity contribution in [1.82, 2.24) is 0 Å². The van der Waals surface area contributed by atoms with E-state index >= 15 is 0 Å². The summed E-state index contributed by atoms with van der Waals surface area (Å²) in [6, 6.07) is 30.1. The van der Waals surface area contributed by atoms with E-state index in [1.807, 2.05) is 36.4 Å². The second-order valence-corrected chi connectivity index (χ2v) is 8.86. The first kappa shape index (κ1) is 20.5. The number of rotatable bonds is 4. The van der Waals surface area contributed by atoms with Gasteiger partial charge in [0.05, 0.1) is 14.2 Å². The van der Waals surface area contributed by atoms with Crippen molar-refractivity contribution in [3.05, 3.63) is 91.0 Å². The highest BCUT2D eigenvalue weighted by Crippen LogP contribution is 2.42. The molecule has 6 rings (SSSR count). The van der Waals surface area contributed by atoms with Crippen molar-refractivity contribution in [2.24, 2.45) is 0 Å². The van der Waals surface area contributed by atoms with Crippen LogP contribution in [0.4, 0.5) is 0 Å². The molecule has 0 aliphatic carbocycles. The molecule has 5 nitrogen and oxygen atoms in total. The molecule has 0 saturated heterocycles. The normalized spacial score (nSPS) is 11.2. The molecule has 5 aromatic carbocycles. The Morgan fingerprint density at radius 1 is 0.559 bits per heavy atom. The third kappa shape index (κ3) is 3.51. The Morgan fingerprint density at radius 3 is 1.53 bits per heavy atom. The predicted octanol–water partition coefficient (Wildman–Crippen LogP) is 8.46. The maximum atomic E-state index is 6.39. The van der Waals surface area contributed by atoms with E-state index in [1.54, 1.807) is 32.4 Å². The maximum absolute atomic E-state index is 6.39. The lowest BCUT2D eigenvalue weighted by atomic mass is 9.99. The zero-order valence-electron chi connectivity index (χ0n) is 18.6. The molecule has 1 heterocycles. The SMILES string of the molecule is COc1cc(OC)cc(Op2oc3ccc4ccccc4c3c3c(ccc4ccccc43)o2)c1. The van der Waals surface area contributed by atoms with Crippen LogP contribution in [-0.4, -0.2) is 14.2 Å². The van der Waals surface area contributed by atoms with Crippen LogP contribution in [0.25, 0.3) is 43.5 Å². The van der Waals surface area contributed by atoms with E-state index in [0.717, 1.165) is 43.5 Å². The Kier molecular flexibility index (Phi) is 5.05. The molecule has 0 saturated carbocycles. The third-order valence-electron chi connectivity index (χ3n) is 5.88. The summed E-state index contributed by atoms with van der Waals surface area (Å²) in [5, 5.41) is 6.47. The van der Waals surface area contributed by atoms with Gasteiger partial charge in [-0.25, -0.2) is 0 Å². The van der Waals surface area contributed by atoms with Gasteiger partial charge >= 0.3 is 8.24 Å². The van der Waals surface area contributed by atoms with Crippen LogP contribution in [0.1, 0.15) is 0 Å². The molecule has 1 aromatic heterocycles. The minimum Gasteiger partial charge on any atom is -0.496 e. The van der Waals surface area contributed by atoms with Gasteiger partial charge in [-0.15, -0.1) is 0 Å². The fourth-order valence-corrected chi connectivity index (χ4v) is 5.32. The Labute approximate surface area is 196 Å². The van der Waals surface area contributed by atoms with Gasteiger partial charge in [-0.3, -0.25) is 0 Å². The van der Waals surface area contributed by atoms with Gasteiger partial charge in [0.25, 0.3) is 0 Å². The molecule has 0 bridgehead atoms. The number of ether oxygens (including phenoxy) is 2. The maximum Gasteiger partial charge on any atom is 0.453 e. The van der Waals surface area contributed by atoms with Gasteiger partial charge in [-0.05, 0) is 33.7 Å². The molecule has 6 heteroatoms. The molecule has 0 aliphatic heterocycles. The summed E-state index contributed by atoms with van der Waals surface area (Å²) in [5.74, 6) is 1.78. The van der Waals surface area contributed by atoms with E-state index in [1.165, 1.54) is 0 Å². The average Bonchev–Trinajstić information content (AvgIpc) is 3.04. The van der Waals surface area contributed by atoms with Crippen LogP contribution >= 0.6 is 8.24 Å². The van der Waals surface area contributed by atoms with Crippen LogP contribution in [-0.2, 0) is 0 Å². The second kappa shape index (κ2) is 8.36. The number of benzene rings is 5. The molecule has 0 N–H and O–H groups in total. The average molecular weight is 468 g/mol. The van der Waals surface area contributed by atoms with Gasteiger partial charge in [-0.2, -0.15) is 0 Å². The van der Waals surface area contributed by atoms with Crippen LogP contribution < -0.4 is 14.0 Å². The summed E-state index contributed by atoms with van der Waals surface area (Å²) in [5.41, 5.74) is 1.43. The van der Waals surface area contributed by atoms with E-state index in [9.17, 15) is 0 Å². The second-order valence-electron chi connectivity index (χ2n) is 7.87. The molecule has 0 amide bonds. The molecule has 0 unspecified atom stereocenters. The van der Waals surface area contributed by atoms with Crippen LogP contribution in [0.3, 0.4) is 0 Å². The van der Waals surface area contributed by atoms with Crippen LogP contribution in [0, 0.1) is 0 Å². The summed E-state index contributed by atoms with van der Waals surface area (Å²) >= 11 is 0. The molecule has 0 spiro atoms. The van der Waals surface area contributed by atoms with Crippen molar-refractivity contribution in [2.45, 2.75) is 0 Å². The summed E-state index contributed by atoms with van der Waals surface area (Å²) in [6.07, 6.45) is 0. The zero-order valence-corrected chi connectivity index (χ0v) is 19.5. The highest BCUT2D eigenvalue weighted by molar-refractivity contribution is 7.32. The first-order chi connectivity index (χ1) is 16.7. The van der Waals surface area contributed by atoms with Crippen LogP contribution in [0.2, 0.25) is 0 Å². The Hall–Kier alpha value is -4.08. The Bertz CT molecular complexity index is 1600. The lowest BCUT2D eigenvalue weighted by Gasteiger charge is -2.07. The minimum absolute atomic E-state index is 0.536. The van der Waals surface area contributed by atoms with Gasteiger partial charge < -0.3 is 22.4 Å². The minimum atomic E-state index is -1.80. The smallest absolute Gasteiger partial charge is 0.453 e. The first-order valence-electron chi connectivity index (χ1n) is 10.8. The molecule has 0 radical (unpaired) electrons. The first-order valence-corrected chi connectivity index (χ1v) is 11.9. The molecule has 0 fully saturated rings. The lowest BCUT2D eigenvalue weighted by Crippen LogP contribution is -1.88. The predicted molar refractivity (Wildman–Crippen MR) is 137 cm³/mol. The molecule has 0 atom stereocenters. The number of hydrogen-bond donors (Lipinski definition) is 0. The third-order valence-corrected chi connectivity index (χ3v) is 6.93. The molecular weight excluding hydrogens is 447 g/mol. The topological polar surface area (TPSA) is 54.0 Å². The van der Waals surface area contributed by atoms with E-state index in [4.69, 9.17) is 22.4 Å². The number of methoxy groups -OCH3 is 2. The van der Waals surface area contributed by atoms with E-state index < -0.39 is 8.24 Å². The summed E-state index contributed by atoms with van der Waals surface area (Å²) in [4.78, 5) is 0. The fourth-order valence-electron chi connectivity index (χ4n) is 4.31. The van der Waals surface area contributed by atoms with Gasteiger partial charge in [-0.1, -0.05) is 60.7 Å². The lowest BCUT2D eigenvalue weighted by molar-refractivity contribution is 0.390. The van der Waals surface area contributed by atoms with Crippen molar-refractivity contribution in [2.75, 3.05) is 14.2 Å². The van der Waals surface area contributed by atoms with Crippen molar-refractivity contribution >= 4 is 51.7 Å². The molecule has 0 aliphatic rings. The molecular formula is C28H21O5P. The fraction of sp³-hybridized carbons (Fsp3) is 0.0714. The number of hydrogen-bond acceptors (Lipinski definition) is 5. The van der Waals surface area contributed by atoms with Gasteiger partial charge in [0, 0.05) is 29.0 Å². The number of fused-ring (bicyclic) bond motifs is 7. The molecule has 34 heavy (non-hydrogen) atoms. The summed E-state index contributed by atoms with van der Waals surface area (Å²) in [7, 11) is 1.40. The van der Waals surface area contributed by atoms with Crippen LogP contribution in [0.5, 0.6) is 17.2 Å². The quantitative estimate of drug-likeness (QED) is 0.260. The Balaban J connectivity index is 1.70. The molecule has 168 valence electrons. The van der Waals surface area contributed by atoms with E-state index in [0.29, 0.717) is 17.2 Å². The van der Waals surface area contributed by atoms with E-state index in [2.05, 4.69) is 36.4 Å². The summed E-state index contributed by atoms with van der Waals surface area (Å²) < 4.78 is 29.8. The highest BCUT2D eigenvalue weighted by Gasteiger charge is 2.14. The Morgan fingerprint density at radius 2 is 1.03 bits per heavy atom. The van der Waals surface area contributed by atoms with Crippen molar-refractivity contribution in [3.63, 3.8) is 0 Å².